The summed E-state index contributed by atoms with van der Waals surface area (Å²) in [6.45, 7) is -0.480. The van der Waals surface area contributed by atoms with Crippen molar-refractivity contribution in [1.29, 1.82) is 0 Å². The Morgan fingerprint density at radius 1 is 0.950 bits per heavy atom. The lowest BCUT2D eigenvalue weighted by atomic mass is 9.93. The van der Waals surface area contributed by atoms with E-state index in [1.165, 1.54) is 6.07 Å². The first-order valence-electron chi connectivity index (χ1n) is 5.84. The fourth-order valence-electron chi connectivity index (χ4n) is 2.03. The molecule has 0 aliphatic carbocycles. The Morgan fingerprint density at radius 2 is 1.60 bits per heavy atom. The van der Waals surface area contributed by atoms with Gasteiger partial charge in [0.25, 0.3) is 0 Å². The lowest BCUT2D eigenvalue weighted by Gasteiger charge is -2.12. The molecule has 102 valence electrons. The molecule has 0 atom stereocenters. The van der Waals surface area contributed by atoms with E-state index in [9.17, 15) is 19.8 Å². The largest absolute Gasteiger partial charge is 0.478 e. The summed E-state index contributed by atoms with van der Waals surface area (Å²) in [5, 5.41) is 27.7. The molecule has 0 amide bonds. The van der Waals surface area contributed by atoms with Crippen molar-refractivity contribution in [3.8, 4) is 11.1 Å². The fraction of sp³-hybridized carbons (Fsp3) is 0.0667. The third-order valence-corrected chi connectivity index (χ3v) is 2.97. The molecule has 0 bridgehead atoms. The summed E-state index contributed by atoms with van der Waals surface area (Å²) in [6, 6.07) is 11.2. The van der Waals surface area contributed by atoms with Crippen LogP contribution in [0.2, 0.25) is 0 Å². The number of hydrogen-bond acceptors (Lipinski definition) is 3. The second-order valence-corrected chi connectivity index (χ2v) is 4.18. The van der Waals surface area contributed by atoms with Crippen LogP contribution in [0.4, 0.5) is 0 Å². The van der Waals surface area contributed by atoms with E-state index in [-0.39, 0.29) is 16.7 Å². The van der Waals surface area contributed by atoms with E-state index in [1.807, 2.05) is 0 Å². The highest BCUT2D eigenvalue weighted by molar-refractivity contribution is 5.98. The molecule has 0 heterocycles. The van der Waals surface area contributed by atoms with Crippen LogP contribution in [0.5, 0.6) is 0 Å². The smallest absolute Gasteiger partial charge is 0.336 e. The predicted molar refractivity (Wildman–Crippen MR) is 71.7 cm³/mol. The van der Waals surface area contributed by atoms with Crippen molar-refractivity contribution in [2.75, 3.05) is 0 Å². The SMILES string of the molecule is O=C(O)c1cc(C(=O)O)c(CO)c(-c2ccccc2)c1. The second kappa shape index (κ2) is 5.54. The zero-order valence-electron chi connectivity index (χ0n) is 10.4. The summed E-state index contributed by atoms with van der Waals surface area (Å²) in [5.41, 5.74) is 0.936. The molecule has 2 aromatic rings. The van der Waals surface area contributed by atoms with Gasteiger partial charge >= 0.3 is 11.9 Å². The fourth-order valence-corrected chi connectivity index (χ4v) is 2.03. The molecule has 3 N–H and O–H groups in total. The summed E-state index contributed by atoms with van der Waals surface area (Å²) in [7, 11) is 0. The third-order valence-electron chi connectivity index (χ3n) is 2.97. The normalized spacial score (nSPS) is 10.2. The van der Waals surface area contributed by atoms with Crippen molar-refractivity contribution in [1.82, 2.24) is 0 Å². The molecule has 2 rings (SSSR count). The van der Waals surface area contributed by atoms with Crippen molar-refractivity contribution >= 4 is 11.9 Å². The number of aromatic carboxylic acids is 2. The minimum atomic E-state index is -1.27. The molecule has 5 nitrogen and oxygen atoms in total. The molecule has 0 spiro atoms. The highest BCUT2D eigenvalue weighted by atomic mass is 16.4. The number of aliphatic hydroxyl groups excluding tert-OH is 1. The molecule has 0 aliphatic rings. The monoisotopic (exact) mass is 272 g/mol. The maximum atomic E-state index is 11.2. The van der Waals surface area contributed by atoms with E-state index in [1.54, 1.807) is 30.3 Å². The first-order chi connectivity index (χ1) is 9.54. The molecule has 0 aromatic heterocycles. The molecule has 5 heteroatoms. The minimum absolute atomic E-state index is 0.126. The Morgan fingerprint density at radius 3 is 2.10 bits per heavy atom. The average molecular weight is 272 g/mol. The van der Waals surface area contributed by atoms with Crippen LogP contribution < -0.4 is 0 Å². The molecule has 2 aromatic carbocycles. The Hall–Kier alpha value is -2.66. The Labute approximate surface area is 114 Å². The molecule has 0 fully saturated rings. The number of carboxylic acid groups (broad SMARTS) is 2. The van der Waals surface area contributed by atoms with Gasteiger partial charge in [-0.25, -0.2) is 9.59 Å². The zero-order valence-corrected chi connectivity index (χ0v) is 10.4. The Kier molecular flexibility index (Phi) is 3.81. The maximum Gasteiger partial charge on any atom is 0.336 e. The van der Waals surface area contributed by atoms with Crippen LogP contribution in [0, 0.1) is 0 Å². The molecule has 0 saturated heterocycles. The molecule has 0 saturated carbocycles. The Balaban J connectivity index is 2.77. The van der Waals surface area contributed by atoms with Crippen LogP contribution in [0.25, 0.3) is 11.1 Å². The van der Waals surface area contributed by atoms with Gasteiger partial charge in [-0.1, -0.05) is 30.3 Å². The number of rotatable bonds is 4. The predicted octanol–water partition coefficient (Wildman–Crippen LogP) is 2.24. The van der Waals surface area contributed by atoms with E-state index < -0.39 is 18.5 Å². The highest BCUT2D eigenvalue weighted by Gasteiger charge is 2.18. The van der Waals surface area contributed by atoms with Crippen molar-refractivity contribution in [3.05, 3.63) is 59.2 Å². The van der Waals surface area contributed by atoms with Gasteiger partial charge in [-0.15, -0.1) is 0 Å². The van der Waals surface area contributed by atoms with Crippen molar-refractivity contribution in [2.24, 2.45) is 0 Å². The van der Waals surface area contributed by atoms with Crippen LogP contribution in [-0.4, -0.2) is 27.3 Å². The zero-order chi connectivity index (χ0) is 14.7. The number of hydrogen-bond donors (Lipinski definition) is 3. The van der Waals surface area contributed by atoms with Gasteiger partial charge in [-0.05, 0) is 28.8 Å². The van der Waals surface area contributed by atoms with Gasteiger partial charge in [0, 0.05) is 0 Å². The van der Waals surface area contributed by atoms with Crippen LogP contribution in [-0.2, 0) is 6.61 Å². The summed E-state index contributed by atoms with van der Waals surface area (Å²) < 4.78 is 0. The first kappa shape index (κ1) is 13.8. The Bertz CT molecular complexity index is 661. The van der Waals surface area contributed by atoms with Gasteiger partial charge in [0.1, 0.15) is 0 Å². The van der Waals surface area contributed by atoms with E-state index in [2.05, 4.69) is 0 Å². The van der Waals surface area contributed by atoms with Gasteiger partial charge in [0.2, 0.25) is 0 Å². The molecular weight excluding hydrogens is 260 g/mol. The first-order valence-corrected chi connectivity index (χ1v) is 5.84. The van der Waals surface area contributed by atoms with Gasteiger partial charge in [-0.3, -0.25) is 0 Å². The molecule has 0 aliphatic heterocycles. The molecule has 0 radical (unpaired) electrons. The van der Waals surface area contributed by atoms with E-state index in [0.29, 0.717) is 11.1 Å². The van der Waals surface area contributed by atoms with Crippen LogP contribution in [0.1, 0.15) is 26.3 Å². The van der Waals surface area contributed by atoms with Gasteiger partial charge < -0.3 is 15.3 Å². The lowest BCUT2D eigenvalue weighted by molar-refractivity contribution is 0.0693. The number of carbonyl (C=O) groups is 2. The van der Waals surface area contributed by atoms with Crippen LogP contribution in [0.3, 0.4) is 0 Å². The standard InChI is InChI=1S/C15H12O5/c16-8-13-11(9-4-2-1-3-5-9)6-10(14(17)18)7-12(13)15(19)20/h1-7,16H,8H2,(H,17,18)(H,19,20). The maximum absolute atomic E-state index is 11.2. The highest BCUT2D eigenvalue weighted by Crippen LogP contribution is 2.28. The van der Waals surface area contributed by atoms with Crippen molar-refractivity contribution in [3.63, 3.8) is 0 Å². The molecular formula is C15H12O5. The van der Waals surface area contributed by atoms with Gasteiger partial charge in [0.05, 0.1) is 17.7 Å². The topological polar surface area (TPSA) is 94.8 Å². The summed E-state index contributed by atoms with van der Waals surface area (Å²) in [6.07, 6.45) is 0. The van der Waals surface area contributed by atoms with Crippen LogP contribution >= 0.6 is 0 Å². The number of carboxylic acids is 2. The average Bonchev–Trinajstić information content (AvgIpc) is 2.46. The number of benzene rings is 2. The minimum Gasteiger partial charge on any atom is -0.478 e. The summed E-state index contributed by atoms with van der Waals surface area (Å²) in [4.78, 5) is 22.3. The van der Waals surface area contributed by atoms with Crippen molar-refractivity contribution in [2.45, 2.75) is 6.61 Å². The molecule has 0 unspecified atom stereocenters. The van der Waals surface area contributed by atoms with E-state index in [0.717, 1.165) is 6.07 Å². The van der Waals surface area contributed by atoms with Crippen LogP contribution in [0.15, 0.2) is 42.5 Å². The van der Waals surface area contributed by atoms with E-state index in [4.69, 9.17) is 5.11 Å². The summed E-state index contributed by atoms with van der Waals surface area (Å²) in [5.74, 6) is -2.48. The van der Waals surface area contributed by atoms with Gasteiger partial charge in [-0.2, -0.15) is 0 Å². The van der Waals surface area contributed by atoms with Crippen molar-refractivity contribution < 1.29 is 24.9 Å². The summed E-state index contributed by atoms with van der Waals surface area (Å²) >= 11 is 0. The lowest BCUT2D eigenvalue weighted by Crippen LogP contribution is -2.08. The second-order valence-electron chi connectivity index (χ2n) is 4.18. The molecule has 20 heavy (non-hydrogen) atoms. The third kappa shape index (κ3) is 2.53. The van der Waals surface area contributed by atoms with E-state index >= 15 is 0 Å². The number of aliphatic hydroxyl groups is 1. The van der Waals surface area contributed by atoms with Gasteiger partial charge in [0.15, 0.2) is 0 Å². The quantitative estimate of drug-likeness (QED) is 0.793.